The van der Waals surface area contributed by atoms with E-state index in [0.29, 0.717) is 17.2 Å². The van der Waals surface area contributed by atoms with Crippen molar-refractivity contribution >= 4 is 11.8 Å². The Morgan fingerprint density at radius 1 is 1.38 bits per heavy atom. The number of hydrogen-bond acceptors (Lipinski definition) is 4. The summed E-state index contributed by atoms with van der Waals surface area (Å²) in [7, 11) is 0. The molecule has 6 nitrogen and oxygen atoms in total. The van der Waals surface area contributed by atoms with Gasteiger partial charge in [0.2, 0.25) is 5.91 Å². The van der Waals surface area contributed by atoms with Gasteiger partial charge in [0.25, 0.3) is 5.91 Å². The summed E-state index contributed by atoms with van der Waals surface area (Å²) in [5, 5.41) is 15.4. The second-order valence-electron chi connectivity index (χ2n) is 7.91. The number of nitrogens with one attached hydrogen (secondary N) is 2. The molecule has 1 fully saturated rings. The molecule has 0 aliphatic heterocycles. The predicted molar refractivity (Wildman–Crippen MR) is 90.5 cm³/mol. The van der Waals surface area contributed by atoms with Crippen molar-refractivity contribution in [2.75, 3.05) is 13.2 Å². The van der Waals surface area contributed by atoms with E-state index in [2.05, 4.69) is 31.4 Å². The van der Waals surface area contributed by atoms with Crippen molar-refractivity contribution in [3.63, 3.8) is 0 Å². The Hall–Kier alpha value is -1.82. The number of aliphatic hydroxyl groups excluding tert-OH is 1. The first kappa shape index (κ1) is 18.5. The van der Waals surface area contributed by atoms with Gasteiger partial charge >= 0.3 is 0 Å². The fraction of sp³-hybridized carbons (Fsp3) is 0.667. The third kappa shape index (κ3) is 4.38. The lowest BCUT2D eigenvalue weighted by molar-refractivity contribution is -0.124. The molecule has 1 aliphatic carbocycles. The molecular weight excluding hydrogens is 308 g/mol. The van der Waals surface area contributed by atoms with Crippen LogP contribution in [0.4, 0.5) is 0 Å². The lowest BCUT2D eigenvalue weighted by atomic mass is 9.64. The molecule has 1 heterocycles. The Morgan fingerprint density at radius 3 is 2.62 bits per heavy atom. The van der Waals surface area contributed by atoms with Gasteiger partial charge in [-0.15, -0.1) is 0 Å². The molecule has 1 saturated carbocycles. The average Bonchev–Trinajstić information content (AvgIpc) is 2.88. The van der Waals surface area contributed by atoms with Crippen LogP contribution < -0.4 is 10.6 Å². The minimum atomic E-state index is -0.617. The molecule has 3 N–H and O–H groups in total. The summed E-state index contributed by atoms with van der Waals surface area (Å²) >= 11 is 0. The average molecular weight is 336 g/mol. The van der Waals surface area contributed by atoms with E-state index in [1.165, 1.54) is 6.26 Å². The zero-order chi connectivity index (χ0) is 18.0. The highest BCUT2D eigenvalue weighted by Crippen LogP contribution is 2.43. The lowest BCUT2D eigenvalue weighted by Gasteiger charge is -2.47. The number of rotatable bonds is 5. The number of hydrogen-bond donors (Lipinski definition) is 3. The van der Waals surface area contributed by atoms with E-state index in [-0.39, 0.29) is 30.4 Å². The van der Waals surface area contributed by atoms with E-state index >= 15 is 0 Å². The Balaban J connectivity index is 1.95. The maximum atomic E-state index is 12.3. The molecule has 2 atom stereocenters. The van der Waals surface area contributed by atoms with Crippen LogP contribution in [0.25, 0.3) is 0 Å². The number of aliphatic hydroxyl groups is 1. The number of carbonyl (C=O) groups is 2. The summed E-state index contributed by atoms with van der Waals surface area (Å²) in [5.74, 6) is 0.308. The molecule has 6 heteroatoms. The molecule has 0 unspecified atom stereocenters. The van der Waals surface area contributed by atoms with Gasteiger partial charge in [-0.3, -0.25) is 9.59 Å². The van der Waals surface area contributed by atoms with Gasteiger partial charge in [-0.1, -0.05) is 20.8 Å². The zero-order valence-electron chi connectivity index (χ0n) is 14.9. The van der Waals surface area contributed by atoms with E-state index in [1.54, 1.807) is 13.0 Å². The highest BCUT2D eigenvalue weighted by molar-refractivity contribution is 5.97. The first-order valence-electron chi connectivity index (χ1n) is 8.41. The summed E-state index contributed by atoms with van der Waals surface area (Å²) < 4.78 is 5.09. The number of furan rings is 1. The van der Waals surface area contributed by atoms with Crippen molar-refractivity contribution in [2.45, 2.75) is 52.5 Å². The topological polar surface area (TPSA) is 91.6 Å². The van der Waals surface area contributed by atoms with Crippen molar-refractivity contribution in [3.8, 4) is 0 Å². The van der Waals surface area contributed by atoms with E-state index in [9.17, 15) is 14.7 Å². The highest BCUT2D eigenvalue weighted by Gasteiger charge is 2.43. The Kier molecular flexibility index (Phi) is 5.38. The minimum absolute atomic E-state index is 0.0603. The van der Waals surface area contributed by atoms with Crippen molar-refractivity contribution < 1.29 is 19.1 Å². The molecule has 0 saturated heterocycles. The molecule has 0 spiro atoms. The number of carbonyl (C=O) groups excluding carboxylic acids is 2. The van der Waals surface area contributed by atoms with E-state index in [1.807, 2.05) is 0 Å². The molecule has 24 heavy (non-hydrogen) atoms. The standard InChI is InChI=1S/C18H28N2O4/c1-12-7-17(3,4)10-18(8-12,11-21)20-15(22)9-19-16(23)14-5-6-24-13(14)2/h5-6,12,21H,7-11H2,1-4H3,(H,19,23)(H,20,22)/t12-,18-/m1/s1. The van der Waals surface area contributed by atoms with E-state index in [4.69, 9.17) is 4.42 Å². The molecule has 0 radical (unpaired) electrons. The summed E-state index contributed by atoms with van der Waals surface area (Å²) in [6.07, 6.45) is 3.98. The van der Waals surface area contributed by atoms with Gasteiger partial charge in [-0.05, 0) is 43.6 Å². The van der Waals surface area contributed by atoms with Crippen LogP contribution in [0.1, 0.15) is 56.2 Å². The van der Waals surface area contributed by atoms with Gasteiger partial charge in [-0.2, -0.15) is 0 Å². The smallest absolute Gasteiger partial charge is 0.255 e. The maximum absolute atomic E-state index is 12.3. The van der Waals surface area contributed by atoms with Gasteiger partial charge in [0.1, 0.15) is 5.76 Å². The molecule has 1 aliphatic rings. The molecule has 2 rings (SSSR count). The van der Waals surface area contributed by atoms with Crippen LogP contribution >= 0.6 is 0 Å². The fourth-order valence-corrected chi connectivity index (χ4v) is 4.21. The summed E-state index contributed by atoms with van der Waals surface area (Å²) in [6, 6.07) is 1.57. The van der Waals surface area contributed by atoms with Gasteiger partial charge in [0, 0.05) is 0 Å². The third-order valence-electron chi connectivity index (χ3n) is 4.68. The normalized spacial score (nSPS) is 26.0. The molecule has 2 amide bonds. The number of aryl methyl sites for hydroxylation is 1. The van der Waals surface area contributed by atoms with E-state index < -0.39 is 5.54 Å². The molecule has 1 aromatic rings. The Morgan fingerprint density at radius 2 is 2.08 bits per heavy atom. The van der Waals surface area contributed by atoms with Gasteiger partial charge < -0.3 is 20.2 Å². The zero-order valence-corrected chi connectivity index (χ0v) is 14.9. The SMILES string of the molecule is Cc1occc1C(=O)NCC(=O)N[C@]1(CO)C[C@H](C)CC(C)(C)C1. The largest absolute Gasteiger partial charge is 0.469 e. The van der Waals surface area contributed by atoms with Gasteiger partial charge in [-0.25, -0.2) is 0 Å². The van der Waals surface area contributed by atoms with Crippen LogP contribution in [0.2, 0.25) is 0 Å². The molecule has 0 aromatic carbocycles. The highest BCUT2D eigenvalue weighted by atomic mass is 16.3. The van der Waals surface area contributed by atoms with Crippen LogP contribution in [0.5, 0.6) is 0 Å². The Bertz CT molecular complexity index is 608. The first-order chi connectivity index (χ1) is 11.2. The summed E-state index contributed by atoms with van der Waals surface area (Å²) in [5.41, 5.74) is -0.133. The molecule has 134 valence electrons. The first-order valence-corrected chi connectivity index (χ1v) is 8.41. The van der Waals surface area contributed by atoms with Gasteiger partial charge in [0.15, 0.2) is 0 Å². The van der Waals surface area contributed by atoms with Crippen LogP contribution in [-0.4, -0.2) is 35.6 Å². The summed E-state index contributed by atoms with van der Waals surface area (Å²) in [6.45, 7) is 7.93. The number of amides is 2. The van der Waals surface area contributed by atoms with Crippen molar-refractivity contribution in [2.24, 2.45) is 11.3 Å². The Labute approximate surface area is 143 Å². The minimum Gasteiger partial charge on any atom is -0.469 e. The monoisotopic (exact) mass is 336 g/mol. The van der Waals surface area contributed by atoms with Crippen LogP contribution in [0.3, 0.4) is 0 Å². The lowest BCUT2D eigenvalue weighted by Crippen LogP contribution is -2.58. The van der Waals surface area contributed by atoms with Crippen LogP contribution in [0.15, 0.2) is 16.7 Å². The molecule has 1 aromatic heterocycles. The second-order valence-corrected chi connectivity index (χ2v) is 7.91. The van der Waals surface area contributed by atoms with Crippen molar-refractivity contribution in [3.05, 3.63) is 23.7 Å². The van der Waals surface area contributed by atoms with E-state index in [0.717, 1.165) is 19.3 Å². The van der Waals surface area contributed by atoms with Crippen LogP contribution in [0, 0.1) is 18.3 Å². The van der Waals surface area contributed by atoms with Crippen LogP contribution in [-0.2, 0) is 4.79 Å². The third-order valence-corrected chi connectivity index (χ3v) is 4.68. The quantitative estimate of drug-likeness (QED) is 0.767. The maximum Gasteiger partial charge on any atom is 0.255 e. The van der Waals surface area contributed by atoms with Crippen molar-refractivity contribution in [1.29, 1.82) is 0 Å². The van der Waals surface area contributed by atoms with Crippen molar-refractivity contribution in [1.82, 2.24) is 10.6 Å². The molecular formula is C18H28N2O4. The second kappa shape index (κ2) is 6.97. The molecule has 0 bridgehead atoms. The predicted octanol–water partition coefficient (Wildman–Crippen LogP) is 2.01. The fourth-order valence-electron chi connectivity index (χ4n) is 4.21. The van der Waals surface area contributed by atoms with Gasteiger partial charge in [0.05, 0.1) is 30.5 Å². The summed E-state index contributed by atoms with van der Waals surface area (Å²) in [4.78, 5) is 24.3.